The summed E-state index contributed by atoms with van der Waals surface area (Å²) in [5, 5.41) is 23.8. The number of nitrogens with zero attached hydrogens (tertiary/aromatic N) is 5. The number of hydrogen-bond acceptors (Lipinski definition) is 7. The van der Waals surface area contributed by atoms with Gasteiger partial charge in [0.05, 0.1) is 7.11 Å². The van der Waals surface area contributed by atoms with Crippen LogP contribution in [0.25, 0.3) is 22.6 Å². The number of aromatic nitrogens is 5. The molecule has 0 atom stereocenters. The Bertz CT molecular complexity index is 1520. The van der Waals surface area contributed by atoms with Crippen molar-refractivity contribution in [2.45, 2.75) is 0 Å². The van der Waals surface area contributed by atoms with Crippen LogP contribution in [-0.4, -0.2) is 31.3 Å². The number of nitriles is 2. The van der Waals surface area contributed by atoms with E-state index in [0.717, 1.165) is 4.52 Å². The van der Waals surface area contributed by atoms with E-state index in [0.29, 0.717) is 15.8 Å². The van der Waals surface area contributed by atoms with Crippen LogP contribution in [0, 0.1) is 22.7 Å². The number of rotatable bonds is 2. The van der Waals surface area contributed by atoms with Gasteiger partial charge in [-0.05, 0) is 17.7 Å². The van der Waals surface area contributed by atoms with E-state index in [1.165, 1.54) is 7.11 Å². The fourth-order valence-corrected chi connectivity index (χ4v) is 2.97. The van der Waals surface area contributed by atoms with Crippen molar-refractivity contribution in [2.75, 3.05) is 7.11 Å². The molecule has 11 heteroatoms. The third kappa shape index (κ3) is 2.14. The van der Waals surface area contributed by atoms with E-state index in [9.17, 15) is 24.9 Å². The van der Waals surface area contributed by atoms with Gasteiger partial charge in [0.25, 0.3) is 5.56 Å². The van der Waals surface area contributed by atoms with E-state index >= 15 is 0 Å². The molecule has 0 spiro atoms. The Morgan fingerprint density at radius 1 is 0.964 bits per heavy atom. The van der Waals surface area contributed by atoms with Crippen LogP contribution >= 0.6 is 0 Å². The molecule has 0 unspecified atom stereocenters. The first-order chi connectivity index (χ1) is 13.5. The van der Waals surface area contributed by atoms with E-state index < -0.39 is 16.7 Å². The highest BCUT2D eigenvalue weighted by molar-refractivity contribution is 5.82. The van der Waals surface area contributed by atoms with Gasteiger partial charge in [-0.1, -0.05) is 12.1 Å². The second-order valence-electron chi connectivity index (χ2n) is 5.65. The summed E-state index contributed by atoms with van der Waals surface area (Å²) in [5.74, 6) is 0.393. The lowest BCUT2D eigenvalue weighted by atomic mass is 9.97. The van der Waals surface area contributed by atoms with Crippen molar-refractivity contribution in [3.8, 4) is 29.0 Å². The predicted octanol–water partition coefficient (Wildman–Crippen LogP) is -0.257. The van der Waals surface area contributed by atoms with Crippen molar-refractivity contribution in [3.05, 3.63) is 66.5 Å². The number of aromatic amines is 2. The fraction of sp³-hybridized carbons (Fsp3) is 0.0588. The Morgan fingerprint density at radius 2 is 1.64 bits per heavy atom. The molecule has 0 amide bonds. The SMILES string of the molecule is COc1ccc(-c2c(C#N)c(=O)n3c(nc4[nH][nH]c(=O)c(=O)n43)c2C#N)cc1. The average Bonchev–Trinajstić information content (AvgIpc) is 3.11. The molecule has 28 heavy (non-hydrogen) atoms. The van der Waals surface area contributed by atoms with Gasteiger partial charge >= 0.3 is 11.1 Å². The summed E-state index contributed by atoms with van der Waals surface area (Å²) >= 11 is 0. The minimum Gasteiger partial charge on any atom is -0.497 e. The van der Waals surface area contributed by atoms with Crippen molar-refractivity contribution < 1.29 is 4.74 Å². The maximum atomic E-state index is 13.0. The van der Waals surface area contributed by atoms with Gasteiger partial charge < -0.3 is 4.74 Å². The maximum Gasteiger partial charge on any atom is 0.340 e. The van der Waals surface area contributed by atoms with Crippen molar-refractivity contribution in [2.24, 2.45) is 0 Å². The highest BCUT2D eigenvalue weighted by Crippen LogP contribution is 2.29. The molecule has 11 nitrogen and oxygen atoms in total. The van der Waals surface area contributed by atoms with Gasteiger partial charge in [-0.3, -0.25) is 24.6 Å². The Morgan fingerprint density at radius 3 is 2.25 bits per heavy atom. The summed E-state index contributed by atoms with van der Waals surface area (Å²) < 4.78 is 6.53. The summed E-state index contributed by atoms with van der Waals surface area (Å²) in [4.78, 5) is 40.9. The van der Waals surface area contributed by atoms with Gasteiger partial charge in [-0.15, -0.1) is 0 Å². The molecule has 0 saturated heterocycles. The number of ether oxygens (including phenoxy) is 1. The average molecular weight is 375 g/mol. The van der Waals surface area contributed by atoms with E-state index in [1.807, 2.05) is 6.07 Å². The summed E-state index contributed by atoms with van der Waals surface area (Å²) in [7, 11) is 1.49. The zero-order valence-electron chi connectivity index (χ0n) is 14.2. The van der Waals surface area contributed by atoms with Crippen molar-refractivity contribution in [1.82, 2.24) is 24.2 Å². The highest BCUT2D eigenvalue weighted by Gasteiger charge is 2.24. The number of pyridine rings is 1. The molecule has 4 rings (SSSR count). The molecule has 0 aliphatic carbocycles. The molecule has 1 aromatic carbocycles. The molecule has 3 heterocycles. The largest absolute Gasteiger partial charge is 0.497 e. The van der Waals surface area contributed by atoms with Crippen LogP contribution in [0.15, 0.2) is 38.6 Å². The standard InChI is InChI=1S/C17H9N7O4/c1-28-9-4-2-8(3-5-9)12-10(6-18)13-20-17-22-21-14(25)16(27)24(17)23(13)15(26)11(12)7-19/h2-5H,1H3,(H,20,22)(H,21,25). The summed E-state index contributed by atoms with van der Waals surface area (Å²) in [6.45, 7) is 0. The lowest BCUT2D eigenvalue weighted by Gasteiger charge is -2.09. The molecule has 136 valence electrons. The number of nitrogens with one attached hydrogen (secondary N) is 2. The first-order valence-corrected chi connectivity index (χ1v) is 7.78. The second-order valence-corrected chi connectivity index (χ2v) is 5.65. The molecular weight excluding hydrogens is 366 g/mol. The Kier molecular flexibility index (Phi) is 3.58. The van der Waals surface area contributed by atoms with Gasteiger partial charge in [0, 0.05) is 5.56 Å². The number of methoxy groups -OCH3 is 1. The molecule has 0 saturated carbocycles. The summed E-state index contributed by atoms with van der Waals surface area (Å²) in [6.07, 6.45) is 0. The molecule has 0 aliphatic heterocycles. The first-order valence-electron chi connectivity index (χ1n) is 7.78. The van der Waals surface area contributed by atoms with Crippen molar-refractivity contribution >= 4 is 11.4 Å². The lowest BCUT2D eigenvalue weighted by Crippen LogP contribution is -2.38. The number of fused-ring (bicyclic) bond motifs is 3. The molecule has 0 radical (unpaired) electrons. The van der Waals surface area contributed by atoms with Crippen LogP contribution in [0.4, 0.5) is 0 Å². The third-order valence-electron chi connectivity index (χ3n) is 4.22. The second kappa shape index (κ2) is 5.96. The minimum absolute atomic E-state index is 0.0832. The molecule has 3 aromatic heterocycles. The van der Waals surface area contributed by atoms with Crippen LogP contribution < -0.4 is 21.4 Å². The fourth-order valence-electron chi connectivity index (χ4n) is 2.97. The molecule has 0 fully saturated rings. The lowest BCUT2D eigenvalue weighted by molar-refractivity contribution is 0.415. The Labute approximate surface area is 154 Å². The zero-order chi connectivity index (χ0) is 20.0. The zero-order valence-corrected chi connectivity index (χ0v) is 14.2. The van der Waals surface area contributed by atoms with Crippen LogP contribution in [0.3, 0.4) is 0 Å². The Hall–Kier alpha value is -4.64. The van der Waals surface area contributed by atoms with E-state index in [-0.39, 0.29) is 28.1 Å². The van der Waals surface area contributed by atoms with Gasteiger partial charge in [-0.25, -0.2) is 0 Å². The third-order valence-corrected chi connectivity index (χ3v) is 4.22. The van der Waals surface area contributed by atoms with Crippen molar-refractivity contribution in [3.63, 3.8) is 0 Å². The van der Waals surface area contributed by atoms with E-state index in [4.69, 9.17) is 4.74 Å². The normalized spacial score (nSPS) is 10.7. The smallest absolute Gasteiger partial charge is 0.340 e. The van der Waals surface area contributed by atoms with E-state index in [1.54, 1.807) is 30.3 Å². The Balaban J connectivity index is 2.26. The molecule has 0 aliphatic rings. The van der Waals surface area contributed by atoms with Crippen LogP contribution in [0.5, 0.6) is 5.75 Å². The van der Waals surface area contributed by atoms with Gasteiger partial charge in [0.1, 0.15) is 29.0 Å². The summed E-state index contributed by atoms with van der Waals surface area (Å²) in [5.41, 5.74) is -3.09. The number of H-pyrrole nitrogens is 2. The summed E-state index contributed by atoms with van der Waals surface area (Å²) in [6, 6.07) is 10.2. The van der Waals surface area contributed by atoms with Crippen LogP contribution in [0.2, 0.25) is 0 Å². The first kappa shape index (κ1) is 16.8. The van der Waals surface area contributed by atoms with Crippen LogP contribution in [-0.2, 0) is 0 Å². The van der Waals surface area contributed by atoms with Gasteiger partial charge in [-0.2, -0.15) is 24.5 Å². The van der Waals surface area contributed by atoms with E-state index in [2.05, 4.69) is 15.2 Å². The molecule has 2 N–H and O–H groups in total. The molecular formula is C17H9N7O4. The van der Waals surface area contributed by atoms with Crippen molar-refractivity contribution in [1.29, 1.82) is 10.5 Å². The molecule has 4 aromatic rings. The van der Waals surface area contributed by atoms with Gasteiger partial charge in [0.2, 0.25) is 5.78 Å². The maximum absolute atomic E-state index is 13.0. The van der Waals surface area contributed by atoms with Crippen LogP contribution in [0.1, 0.15) is 11.1 Å². The minimum atomic E-state index is -1.08. The number of benzene rings is 1. The van der Waals surface area contributed by atoms with Gasteiger partial charge in [0.15, 0.2) is 5.65 Å². The quantitative estimate of drug-likeness (QED) is 0.456. The highest BCUT2D eigenvalue weighted by atomic mass is 16.5. The monoisotopic (exact) mass is 375 g/mol. The predicted molar refractivity (Wildman–Crippen MR) is 95.1 cm³/mol. The number of hydrogen-bond donors (Lipinski definition) is 2. The molecule has 0 bridgehead atoms. The topological polar surface area (TPSA) is 161 Å².